The van der Waals surface area contributed by atoms with Gasteiger partial charge in [0.05, 0.1) is 5.56 Å². The van der Waals surface area contributed by atoms with E-state index in [1.54, 1.807) is 18.2 Å². The number of nitrogens with one attached hydrogen (secondary N) is 1. The average Bonchev–Trinajstić information content (AvgIpc) is 2.62. The Morgan fingerprint density at radius 2 is 2.08 bits per heavy atom. The van der Waals surface area contributed by atoms with E-state index in [9.17, 15) is 4.79 Å². The fourth-order valence-electron chi connectivity index (χ4n) is 2.56. The predicted molar refractivity (Wildman–Crippen MR) is 97.3 cm³/mol. The summed E-state index contributed by atoms with van der Waals surface area (Å²) in [6.07, 6.45) is 5.09. The van der Waals surface area contributed by atoms with Crippen LogP contribution in [-0.2, 0) is 0 Å². The lowest BCUT2D eigenvalue weighted by molar-refractivity contribution is 0.0756. The van der Waals surface area contributed by atoms with Crippen LogP contribution in [0.2, 0.25) is 0 Å². The molecule has 1 heterocycles. The molecule has 0 spiro atoms. The molecule has 25 heavy (non-hydrogen) atoms. The maximum absolute atomic E-state index is 12.3. The smallest absolute Gasteiger partial charge is 0.258 e. The van der Waals surface area contributed by atoms with Crippen molar-refractivity contribution in [3.05, 3.63) is 77.6 Å². The van der Waals surface area contributed by atoms with E-state index >= 15 is 0 Å². The third-order valence-electron chi connectivity index (χ3n) is 3.77. The lowest BCUT2D eigenvalue weighted by Crippen LogP contribution is -2.36. The highest BCUT2D eigenvalue weighted by molar-refractivity contribution is 5.98. The summed E-state index contributed by atoms with van der Waals surface area (Å²) in [7, 11) is 0. The van der Waals surface area contributed by atoms with E-state index in [1.807, 2.05) is 56.3 Å². The molecule has 1 amide bonds. The first-order chi connectivity index (χ1) is 12.1. The SMILES string of the molecule is C/C=C\C(=C/C)Oc1cccc(C2NC(=O)c3cc(N)ccc3O2)c1. The van der Waals surface area contributed by atoms with Gasteiger partial charge < -0.3 is 20.5 Å². The first-order valence-electron chi connectivity index (χ1n) is 8.04. The summed E-state index contributed by atoms with van der Waals surface area (Å²) >= 11 is 0. The van der Waals surface area contributed by atoms with Gasteiger partial charge in [0.25, 0.3) is 5.91 Å². The molecule has 0 saturated heterocycles. The maximum atomic E-state index is 12.3. The minimum absolute atomic E-state index is 0.215. The van der Waals surface area contributed by atoms with Crippen LogP contribution >= 0.6 is 0 Å². The number of carbonyl (C=O) groups excluding carboxylic acids is 1. The molecule has 1 unspecified atom stereocenters. The quantitative estimate of drug-likeness (QED) is 0.504. The van der Waals surface area contributed by atoms with E-state index in [0.717, 1.165) is 11.3 Å². The minimum Gasteiger partial charge on any atom is -0.466 e. The van der Waals surface area contributed by atoms with E-state index in [2.05, 4.69) is 5.32 Å². The molecule has 5 heteroatoms. The summed E-state index contributed by atoms with van der Waals surface area (Å²) in [5, 5.41) is 2.83. The number of ether oxygens (including phenoxy) is 2. The monoisotopic (exact) mass is 336 g/mol. The van der Waals surface area contributed by atoms with Crippen LogP contribution in [0.3, 0.4) is 0 Å². The van der Waals surface area contributed by atoms with Crippen molar-refractivity contribution in [3.8, 4) is 11.5 Å². The van der Waals surface area contributed by atoms with Crippen LogP contribution in [-0.4, -0.2) is 5.91 Å². The second-order valence-corrected chi connectivity index (χ2v) is 5.59. The maximum Gasteiger partial charge on any atom is 0.258 e. The van der Waals surface area contributed by atoms with Crippen LogP contribution in [0.4, 0.5) is 5.69 Å². The van der Waals surface area contributed by atoms with Crippen molar-refractivity contribution in [2.45, 2.75) is 20.1 Å². The first kappa shape index (κ1) is 16.6. The molecule has 1 aliphatic rings. The number of hydrogen-bond donors (Lipinski definition) is 2. The number of carbonyl (C=O) groups is 1. The number of fused-ring (bicyclic) bond motifs is 1. The van der Waals surface area contributed by atoms with Crippen molar-refractivity contribution < 1.29 is 14.3 Å². The Morgan fingerprint density at radius 1 is 1.24 bits per heavy atom. The van der Waals surface area contributed by atoms with Crippen molar-refractivity contribution in [1.82, 2.24) is 5.32 Å². The van der Waals surface area contributed by atoms with E-state index in [4.69, 9.17) is 15.2 Å². The van der Waals surface area contributed by atoms with Gasteiger partial charge in [0.15, 0.2) is 6.23 Å². The van der Waals surface area contributed by atoms with Gasteiger partial charge >= 0.3 is 0 Å². The molecule has 3 N–H and O–H groups in total. The van der Waals surface area contributed by atoms with E-state index in [-0.39, 0.29) is 5.91 Å². The van der Waals surface area contributed by atoms with Gasteiger partial charge in [-0.05, 0) is 56.3 Å². The largest absolute Gasteiger partial charge is 0.466 e. The molecular weight excluding hydrogens is 316 g/mol. The third kappa shape index (κ3) is 3.66. The van der Waals surface area contributed by atoms with Crippen LogP contribution in [0.5, 0.6) is 11.5 Å². The highest BCUT2D eigenvalue weighted by Gasteiger charge is 2.27. The highest BCUT2D eigenvalue weighted by Crippen LogP contribution is 2.31. The summed E-state index contributed by atoms with van der Waals surface area (Å²) in [6.45, 7) is 3.84. The van der Waals surface area contributed by atoms with Crippen molar-refractivity contribution in [2.75, 3.05) is 5.73 Å². The van der Waals surface area contributed by atoms with Gasteiger partial charge in [-0.3, -0.25) is 4.79 Å². The molecule has 1 aliphatic heterocycles. The fraction of sp³-hybridized carbons (Fsp3) is 0.150. The van der Waals surface area contributed by atoms with Gasteiger partial charge in [0.2, 0.25) is 0 Å². The van der Waals surface area contributed by atoms with Crippen LogP contribution < -0.4 is 20.5 Å². The van der Waals surface area contributed by atoms with Gasteiger partial charge in [0.1, 0.15) is 17.3 Å². The fourth-order valence-corrected chi connectivity index (χ4v) is 2.56. The molecule has 128 valence electrons. The van der Waals surface area contributed by atoms with Gasteiger partial charge in [-0.1, -0.05) is 18.2 Å². The topological polar surface area (TPSA) is 73.6 Å². The lowest BCUT2D eigenvalue weighted by atomic mass is 10.1. The van der Waals surface area contributed by atoms with E-state index in [1.165, 1.54) is 0 Å². The van der Waals surface area contributed by atoms with Gasteiger partial charge in [-0.15, -0.1) is 0 Å². The standard InChI is InChI=1S/C20H20N2O3/c1-3-6-15(4-2)24-16-8-5-7-13(11-16)20-22-19(23)17-12-14(21)9-10-18(17)25-20/h3-12,20H,21H2,1-2H3,(H,22,23)/b6-3-,15-4+. The van der Waals surface area contributed by atoms with Crippen LogP contribution in [0.15, 0.2) is 66.5 Å². The molecule has 5 nitrogen and oxygen atoms in total. The summed E-state index contributed by atoms with van der Waals surface area (Å²) in [6, 6.07) is 12.5. The molecule has 0 radical (unpaired) electrons. The van der Waals surface area contributed by atoms with Crippen molar-refractivity contribution in [2.24, 2.45) is 0 Å². The Bertz CT molecular complexity index is 856. The van der Waals surface area contributed by atoms with E-state index < -0.39 is 6.23 Å². The summed E-state index contributed by atoms with van der Waals surface area (Å²) < 4.78 is 11.7. The predicted octanol–water partition coefficient (Wildman–Crippen LogP) is 3.95. The van der Waals surface area contributed by atoms with Crippen molar-refractivity contribution in [1.29, 1.82) is 0 Å². The van der Waals surface area contributed by atoms with Crippen LogP contribution in [0, 0.1) is 0 Å². The summed E-state index contributed by atoms with van der Waals surface area (Å²) in [5.41, 5.74) is 7.49. The third-order valence-corrected chi connectivity index (χ3v) is 3.77. The van der Waals surface area contributed by atoms with Crippen molar-refractivity contribution in [3.63, 3.8) is 0 Å². The number of rotatable bonds is 4. The molecule has 1 atom stereocenters. The lowest BCUT2D eigenvalue weighted by Gasteiger charge is -2.27. The van der Waals surface area contributed by atoms with Crippen LogP contribution in [0.25, 0.3) is 0 Å². The summed E-state index contributed by atoms with van der Waals surface area (Å²) in [4.78, 5) is 12.3. The molecule has 0 bridgehead atoms. The molecule has 2 aromatic rings. The molecule has 0 saturated carbocycles. The Balaban J connectivity index is 1.84. The zero-order valence-corrected chi connectivity index (χ0v) is 14.2. The van der Waals surface area contributed by atoms with Crippen LogP contribution in [0.1, 0.15) is 36.0 Å². The number of anilines is 1. The number of hydrogen-bond acceptors (Lipinski definition) is 4. The number of allylic oxidation sites excluding steroid dienone is 3. The Kier molecular flexibility index (Phi) is 4.75. The van der Waals surface area contributed by atoms with E-state index in [0.29, 0.717) is 22.7 Å². The van der Waals surface area contributed by atoms with Gasteiger partial charge in [0, 0.05) is 11.3 Å². The Labute approximate surface area is 146 Å². The number of nitrogen functional groups attached to an aromatic ring is 1. The van der Waals surface area contributed by atoms with Gasteiger partial charge in [-0.25, -0.2) is 0 Å². The Morgan fingerprint density at radius 3 is 2.84 bits per heavy atom. The molecule has 0 aliphatic carbocycles. The second kappa shape index (κ2) is 7.13. The summed E-state index contributed by atoms with van der Waals surface area (Å²) in [5.74, 6) is 1.71. The number of amides is 1. The normalized spacial score (nSPS) is 17.0. The van der Waals surface area contributed by atoms with Gasteiger partial charge in [-0.2, -0.15) is 0 Å². The van der Waals surface area contributed by atoms with Crippen molar-refractivity contribution >= 4 is 11.6 Å². The molecular formula is C20H20N2O3. The first-order valence-corrected chi connectivity index (χ1v) is 8.04. The Hall–Kier alpha value is -3.21. The molecule has 0 aromatic heterocycles. The zero-order valence-electron chi connectivity index (χ0n) is 14.2. The molecule has 0 fully saturated rings. The zero-order chi connectivity index (χ0) is 17.8. The second-order valence-electron chi connectivity index (χ2n) is 5.59. The number of benzene rings is 2. The average molecular weight is 336 g/mol. The molecule has 3 rings (SSSR count). The number of nitrogens with two attached hydrogens (primary N) is 1. The molecule has 2 aromatic carbocycles. The minimum atomic E-state index is -0.581. The highest BCUT2D eigenvalue weighted by atomic mass is 16.5.